The first-order valence-electron chi connectivity index (χ1n) is 4.18. The summed E-state index contributed by atoms with van der Waals surface area (Å²) in [5, 5.41) is 0. The Kier molecular flexibility index (Phi) is 1.79. The molecule has 0 saturated heterocycles. The Morgan fingerprint density at radius 3 is 3.00 bits per heavy atom. The first kappa shape index (κ1) is 8.23. The molecule has 0 radical (unpaired) electrons. The molecule has 0 spiro atoms. The molecule has 0 fully saturated rings. The SMILES string of the molecule is CN1Cc2cccc(F)c2CC1=O. The van der Waals surface area contributed by atoms with Crippen LogP contribution in [0.1, 0.15) is 11.1 Å². The Bertz CT molecular complexity index is 362. The highest BCUT2D eigenvalue weighted by atomic mass is 19.1. The van der Waals surface area contributed by atoms with Gasteiger partial charge in [-0.2, -0.15) is 0 Å². The Hall–Kier alpha value is -1.38. The van der Waals surface area contributed by atoms with Crippen LogP contribution in [0.2, 0.25) is 0 Å². The van der Waals surface area contributed by atoms with Crippen molar-refractivity contribution in [3.05, 3.63) is 35.1 Å². The van der Waals surface area contributed by atoms with Crippen LogP contribution in [0.15, 0.2) is 18.2 Å². The van der Waals surface area contributed by atoms with Crippen LogP contribution in [0.25, 0.3) is 0 Å². The lowest BCUT2D eigenvalue weighted by Crippen LogP contribution is -2.33. The first-order chi connectivity index (χ1) is 6.18. The van der Waals surface area contributed by atoms with Crippen LogP contribution in [0, 0.1) is 5.82 Å². The fourth-order valence-electron chi connectivity index (χ4n) is 1.58. The molecule has 1 aromatic carbocycles. The minimum atomic E-state index is -0.265. The molecule has 1 amide bonds. The molecule has 1 aromatic rings. The second-order valence-corrected chi connectivity index (χ2v) is 3.30. The van der Waals surface area contributed by atoms with Gasteiger partial charge in [-0.3, -0.25) is 4.79 Å². The molecular weight excluding hydrogens is 169 g/mol. The molecule has 1 aliphatic rings. The van der Waals surface area contributed by atoms with E-state index in [9.17, 15) is 9.18 Å². The van der Waals surface area contributed by atoms with Crippen LogP contribution in [0.3, 0.4) is 0 Å². The summed E-state index contributed by atoms with van der Waals surface area (Å²) < 4.78 is 13.2. The van der Waals surface area contributed by atoms with E-state index in [1.807, 2.05) is 6.07 Å². The molecule has 13 heavy (non-hydrogen) atoms. The van der Waals surface area contributed by atoms with Crippen molar-refractivity contribution in [2.45, 2.75) is 13.0 Å². The largest absolute Gasteiger partial charge is 0.341 e. The number of hydrogen-bond acceptors (Lipinski definition) is 1. The molecule has 3 heteroatoms. The topological polar surface area (TPSA) is 20.3 Å². The van der Waals surface area contributed by atoms with Crippen LogP contribution < -0.4 is 0 Å². The van der Waals surface area contributed by atoms with E-state index in [-0.39, 0.29) is 18.1 Å². The number of nitrogens with zero attached hydrogens (tertiary/aromatic N) is 1. The number of rotatable bonds is 0. The van der Waals surface area contributed by atoms with Gasteiger partial charge < -0.3 is 4.90 Å². The fraction of sp³-hybridized carbons (Fsp3) is 0.300. The summed E-state index contributed by atoms with van der Waals surface area (Å²) in [5.41, 5.74) is 1.48. The van der Waals surface area contributed by atoms with Gasteiger partial charge in [0.25, 0.3) is 0 Å². The average molecular weight is 179 g/mol. The van der Waals surface area contributed by atoms with E-state index >= 15 is 0 Å². The standard InChI is InChI=1S/C10H10FNO/c1-12-6-7-3-2-4-9(11)8(7)5-10(12)13/h2-4H,5-6H2,1H3. The van der Waals surface area contributed by atoms with E-state index in [4.69, 9.17) is 0 Å². The lowest BCUT2D eigenvalue weighted by atomic mass is 9.99. The lowest BCUT2D eigenvalue weighted by Gasteiger charge is -2.24. The first-order valence-corrected chi connectivity index (χ1v) is 4.18. The zero-order valence-electron chi connectivity index (χ0n) is 7.38. The van der Waals surface area contributed by atoms with Gasteiger partial charge in [-0.25, -0.2) is 4.39 Å². The normalized spacial score (nSPS) is 15.8. The average Bonchev–Trinajstić information content (AvgIpc) is 2.09. The summed E-state index contributed by atoms with van der Waals surface area (Å²) in [6.45, 7) is 0.520. The van der Waals surface area contributed by atoms with E-state index in [2.05, 4.69) is 0 Å². The van der Waals surface area contributed by atoms with Crippen molar-refractivity contribution >= 4 is 5.91 Å². The third-order valence-corrected chi connectivity index (χ3v) is 2.38. The molecule has 0 aliphatic carbocycles. The van der Waals surface area contributed by atoms with E-state index in [0.29, 0.717) is 12.1 Å². The molecule has 2 rings (SSSR count). The summed E-state index contributed by atoms with van der Waals surface area (Å²) in [6, 6.07) is 4.94. The number of carbonyl (C=O) groups is 1. The monoisotopic (exact) mass is 179 g/mol. The Morgan fingerprint density at radius 2 is 2.23 bits per heavy atom. The number of amides is 1. The Balaban J connectivity index is 2.48. The molecule has 0 atom stereocenters. The van der Waals surface area contributed by atoms with Gasteiger partial charge in [-0.05, 0) is 11.6 Å². The third-order valence-electron chi connectivity index (χ3n) is 2.38. The van der Waals surface area contributed by atoms with Crippen LogP contribution >= 0.6 is 0 Å². The molecule has 0 bridgehead atoms. The van der Waals surface area contributed by atoms with Crippen molar-refractivity contribution in [2.75, 3.05) is 7.05 Å². The highest BCUT2D eigenvalue weighted by Crippen LogP contribution is 2.20. The molecule has 0 unspecified atom stereocenters. The molecule has 1 aliphatic heterocycles. The zero-order valence-corrected chi connectivity index (χ0v) is 7.38. The molecule has 68 valence electrons. The summed E-state index contributed by atoms with van der Waals surface area (Å²) in [5.74, 6) is -0.281. The Labute approximate surface area is 76.0 Å². The van der Waals surface area contributed by atoms with E-state index in [1.165, 1.54) is 6.07 Å². The van der Waals surface area contributed by atoms with Crippen LogP contribution in [0.4, 0.5) is 4.39 Å². The predicted octanol–water partition coefficient (Wildman–Crippen LogP) is 1.34. The maximum Gasteiger partial charge on any atom is 0.227 e. The van der Waals surface area contributed by atoms with Crippen molar-refractivity contribution < 1.29 is 9.18 Å². The lowest BCUT2D eigenvalue weighted by molar-refractivity contribution is -0.130. The van der Waals surface area contributed by atoms with Gasteiger partial charge in [-0.1, -0.05) is 12.1 Å². The predicted molar refractivity (Wildman–Crippen MR) is 46.6 cm³/mol. The number of likely N-dealkylation sites (N-methyl/N-ethyl adjacent to an activating group) is 1. The second-order valence-electron chi connectivity index (χ2n) is 3.30. The molecule has 0 aromatic heterocycles. The van der Waals surface area contributed by atoms with E-state index in [1.54, 1.807) is 18.0 Å². The van der Waals surface area contributed by atoms with Gasteiger partial charge >= 0.3 is 0 Å². The summed E-state index contributed by atoms with van der Waals surface area (Å²) in [7, 11) is 1.73. The van der Waals surface area contributed by atoms with Crippen molar-refractivity contribution in [1.82, 2.24) is 4.90 Å². The number of benzene rings is 1. The third kappa shape index (κ3) is 1.30. The van der Waals surface area contributed by atoms with Crippen molar-refractivity contribution in [2.24, 2.45) is 0 Å². The minimum Gasteiger partial charge on any atom is -0.341 e. The van der Waals surface area contributed by atoms with Gasteiger partial charge in [-0.15, -0.1) is 0 Å². The molecule has 0 N–H and O–H groups in total. The number of halogens is 1. The van der Waals surface area contributed by atoms with Crippen LogP contribution in [0.5, 0.6) is 0 Å². The van der Waals surface area contributed by atoms with Crippen molar-refractivity contribution in [3.8, 4) is 0 Å². The quantitative estimate of drug-likeness (QED) is 0.588. The highest BCUT2D eigenvalue weighted by molar-refractivity contribution is 5.80. The maximum atomic E-state index is 13.2. The van der Waals surface area contributed by atoms with Gasteiger partial charge in [0.2, 0.25) is 5.91 Å². The molecule has 2 nitrogen and oxygen atoms in total. The minimum absolute atomic E-state index is 0.0161. The molecule has 1 heterocycles. The molecular formula is C10H10FNO. The number of fused-ring (bicyclic) bond motifs is 1. The smallest absolute Gasteiger partial charge is 0.227 e. The van der Waals surface area contributed by atoms with Gasteiger partial charge in [0.1, 0.15) is 5.82 Å². The summed E-state index contributed by atoms with van der Waals surface area (Å²) >= 11 is 0. The zero-order chi connectivity index (χ0) is 9.42. The summed E-state index contributed by atoms with van der Waals surface area (Å²) in [4.78, 5) is 12.9. The fourth-order valence-corrected chi connectivity index (χ4v) is 1.58. The maximum absolute atomic E-state index is 13.2. The van der Waals surface area contributed by atoms with Gasteiger partial charge in [0.05, 0.1) is 6.42 Å². The Morgan fingerprint density at radius 1 is 1.46 bits per heavy atom. The van der Waals surface area contributed by atoms with E-state index < -0.39 is 0 Å². The summed E-state index contributed by atoms with van der Waals surface area (Å²) in [6.07, 6.45) is 0.193. The molecule has 0 saturated carbocycles. The van der Waals surface area contributed by atoms with Crippen LogP contribution in [-0.4, -0.2) is 17.9 Å². The van der Waals surface area contributed by atoms with Gasteiger partial charge in [0.15, 0.2) is 0 Å². The van der Waals surface area contributed by atoms with Gasteiger partial charge in [0, 0.05) is 19.2 Å². The second kappa shape index (κ2) is 2.83. The number of carbonyl (C=O) groups excluding carboxylic acids is 1. The van der Waals surface area contributed by atoms with Crippen LogP contribution in [-0.2, 0) is 17.8 Å². The highest BCUT2D eigenvalue weighted by Gasteiger charge is 2.21. The van der Waals surface area contributed by atoms with E-state index in [0.717, 1.165) is 5.56 Å². The van der Waals surface area contributed by atoms with Crippen molar-refractivity contribution in [3.63, 3.8) is 0 Å². The number of hydrogen-bond donors (Lipinski definition) is 0. The van der Waals surface area contributed by atoms with Crippen molar-refractivity contribution in [1.29, 1.82) is 0 Å².